The van der Waals surface area contributed by atoms with Crippen molar-refractivity contribution in [3.63, 3.8) is 0 Å². The van der Waals surface area contributed by atoms with E-state index in [0.717, 1.165) is 0 Å². The molecular formula is C7H15N7O. The third-order valence-corrected chi connectivity index (χ3v) is 2.12. The Kier molecular flexibility index (Phi) is 3.22. The van der Waals surface area contributed by atoms with Crippen molar-refractivity contribution < 1.29 is 4.84 Å². The predicted octanol–water partition coefficient (Wildman–Crippen LogP) is -1.54. The van der Waals surface area contributed by atoms with Crippen molar-refractivity contribution in [1.82, 2.24) is 10.9 Å². The van der Waals surface area contributed by atoms with Crippen LogP contribution in [0.4, 0.5) is 0 Å². The van der Waals surface area contributed by atoms with E-state index < -0.39 is 5.66 Å². The highest BCUT2D eigenvalue weighted by Crippen LogP contribution is 2.15. The fourth-order valence-corrected chi connectivity index (χ4v) is 1.26. The van der Waals surface area contributed by atoms with Crippen LogP contribution in [-0.2, 0) is 4.84 Å². The first-order valence-corrected chi connectivity index (χ1v) is 4.28. The number of hydroxylamine groups is 1. The van der Waals surface area contributed by atoms with Gasteiger partial charge in [0.05, 0.1) is 18.5 Å². The molecule has 1 aliphatic heterocycles. The van der Waals surface area contributed by atoms with Crippen molar-refractivity contribution >= 4 is 17.4 Å². The zero-order valence-electron chi connectivity index (χ0n) is 8.90. The van der Waals surface area contributed by atoms with E-state index in [9.17, 15) is 0 Å². The summed E-state index contributed by atoms with van der Waals surface area (Å²) >= 11 is 0. The maximum absolute atomic E-state index is 5.54. The number of nitrogens with one attached hydrogen (secondary N) is 2. The summed E-state index contributed by atoms with van der Waals surface area (Å²) in [5, 5.41) is 7.57. The lowest BCUT2D eigenvalue weighted by Gasteiger charge is -2.31. The van der Waals surface area contributed by atoms with E-state index in [1.165, 1.54) is 7.11 Å². The highest BCUT2D eigenvalue weighted by atomic mass is 16.6. The van der Waals surface area contributed by atoms with Crippen LogP contribution in [0.2, 0.25) is 0 Å². The first kappa shape index (κ1) is 11.4. The van der Waals surface area contributed by atoms with Gasteiger partial charge in [-0.2, -0.15) is 15.7 Å². The minimum Gasteiger partial charge on any atom is -0.368 e. The standard InChI is InChI=1S/C7H15N7O/c1-4(11-9)7(14-15-3)5(2)12-13-6(8)10-7/h14H,9H2,1-3H3,(H3,8,10,13). The minimum absolute atomic E-state index is 0.160. The molecule has 0 aromatic rings. The van der Waals surface area contributed by atoms with Crippen molar-refractivity contribution in [1.29, 1.82) is 0 Å². The second-order valence-electron chi connectivity index (χ2n) is 3.04. The monoisotopic (exact) mass is 213 g/mol. The molecule has 0 bridgehead atoms. The van der Waals surface area contributed by atoms with E-state index in [2.05, 4.69) is 26.1 Å². The number of aliphatic imine (C=N–C) groups is 1. The van der Waals surface area contributed by atoms with E-state index >= 15 is 0 Å². The Labute approximate surface area is 87.4 Å². The van der Waals surface area contributed by atoms with Crippen LogP contribution < -0.4 is 22.5 Å². The Hall–Kier alpha value is -1.67. The van der Waals surface area contributed by atoms with E-state index in [-0.39, 0.29) is 5.96 Å². The van der Waals surface area contributed by atoms with Crippen LogP contribution in [0, 0.1) is 0 Å². The van der Waals surface area contributed by atoms with Gasteiger partial charge in [-0.1, -0.05) is 0 Å². The van der Waals surface area contributed by atoms with Gasteiger partial charge in [-0.25, -0.2) is 10.4 Å². The van der Waals surface area contributed by atoms with Gasteiger partial charge in [0.2, 0.25) is 11.6 Å². The number of hydrogen-bond donors (Lipinski definition) is 4. The number of hydrazone groups is 2. The summed E-state index contributed by atoms with van der Waals surface area (Å²) in [5.74, 6) is 5.39. The molecule has 84 valence electrons. The summed E-state index contributed by atoms with van der Waals surface area (Å²) in [6.07, 6.45) is 0. The normalized spacial score (nSPS) is 26.7. The summed E-state index contributed by atoms with van der Waals surface area (Å²) in [6.45, 7) is 3.46. The summed E-state index contributed by atoms with van der Waals surface area (Å²) in [4.78, 5) is 9.03. The topological polar surface area (TPSA) is 122 Å². The second kappa shape index (κ2) is 4.24. The Morgan fingerprint density at radius 1 is 1.67 bits per heavy atom. The molecule has 8 nitrogen and oxygen atoms in total. The molecule has 15 heavy (non-hydrogen) atoms. The molecule has 1 rings (SSSR count). The molecule has 6 N–H and O–H groups in total. The molecule has 0 amide bonds. The van der Waals surface area contributed by atoms with E-state index in [0.29, 0.717) is 11.4 Å². The number of nitrogens with two attached hydrogens (primary N) is 2. The molecule has 0 radical (unpaired) electrons. The summed E-state index contributed by atoms with van der Waals surface area (Å²) in [5.41, 5.74) is 10.8. The van der Waals surface area contributed by atoms with Gasteiger partial charge in [-0.05, 0) is 13.8 Å². The van der Waals surface area contributed by atoms with Crippen LogP contribution in [-0.4, -0.2) is 30.2 Å². The van der Waals surface area contributed by atoms with E-state index in [1.807, 2.05) is 0 Å². The summed E-state index contributed by atoms with van der Waals surface area (Å²) < 4.78 is 0. The molecule has 1 atom stereocenters. The van der Waals surface area contributed by atoms with Crippen LogP contribution in [0.25, 0.3) is 0 Å². The maximum Gasteiger partial charge on any atom is 0.216 e. The third-order valence-electron chi connectivity index (χ3n) is 2.12. The quantitative estimate of drug-likeness (QED) is 0.257. The lowest BCUT2D eigenvalue weighted by atomic mass is 10.0. The Bertz CT molecular complexity index is 328. The van der Waals surface area contributed by atoms with Crippen LogP contribution >= 0.6 is 0 Å². The van der Waals surface area contributed by atoms with Crippen LogP contribution in [0.3, 0.4) is 0 Å². The van der Waals surface area contributed by atoms with E-state index in [1.54, 1.807) is 13.8 Å². The Morgan fingerprint density at radius 2 is 2.33 bits per heavy atom. The molecule has 8 heteroatoms. The number of rotatable bonds is 3. The van der Waals surface area contributed by atoms with Gasteiger partial charge in [-0.3, -0.25) is 0 Å². The fraction of sp³-hybridized carbons (Fsp3) is 0.571. The molecule has 0 aromatic carbocycles. The first-order valence-electron chi connectivity index (χ1n) is 4.28. The SMILES string of the molecule is CONC1(C(C)=NN)N=C(N)NN=C1C. The molecule has 0 saturated heterocycles. The van der Waals surface area contributed by atoms with Crippen LogP contribution in [0.5, 0.6) is 0 Å². The predicted molar refractivity (Wildman–Crippen MR) is 58.0 cm³/mol. The van der Waals surface area contributed by atoms with E-state index in [4.69, 9.17) is 16.4 Å². The van der Waals surface area contributed by atoms with Crippen molar-refractivity contribution in [2.75, 3.05) is 7.11 Å². The molecule has 0 spiro atoms. The van der Waals surface area contributed by atoms with Crippen molar-refractivity contribution in [3.05, 3.63) is 0 Å². The average molecular weight is 213 g/mol. The molecule has 1 heterocycles. The van der Waals surface area contributed by atoms with Crippen molar-refractivity contribution in [2.45, 2.75) is 19.5 Å². The van der Waals surface area contributed by atoms with Gasteiger partial charge in [0.25, 0.3) is 0 Å². The fourth-order valence-electron chi connectivity index (χ4n) is 1.26. The largest absolute Gasteiger partial charge is 0.368 e. The maximum atomic E-state index is 5.54. The van der Waals surface area contributed by atoms with Crippen LogP contribution in [0.1, 0.15) is 13.8 Å². The Balaban J connectivity index is 3.19. The molecule has 0 aromatic heterocycles. The lowest BCUT2D eigenvalue weighted by Crippen LogP contribution is -2.59. The number of nitrogens with zero attached hydrogens (tertiary/aromatic N) is 3. The smallest absolute Gasteiger partial charge is 0.216 e. The second-order valence-corrected chi connectivity index (χ2v) is 3.04. The molecule has 1 unspecified atom stereocenters. The third kappa shape index (κ3) is 1.90. The molecule has 0 fully saturated rings. The highest BCUT2D eigenvalue weighted by Gasteiger charge is 2.39. The van der Waals surface area contributed by atoms with Gasteiger partial charge < -0.3 is 16.4 Å². The lowest BCUT2D eigenvalue weighted by molar-refractivity contribution is 0.0634. The van der Waals surface area contributed by atoms with Crippen molar-refractivity contribution in [2.24, 2.45) is 26.8 Å². The number of hydrogen-bond acceptors (Lipinski definition) is 8. The highest BCUT2D eigenvalue weighted by molar-refractivity contribution is 6.16. The minimum atomic E-state index is -1.03. The molecule has 0 saturated carbocycles. The Morgan fingerprint density at radius 3 is 2.87 bits per heavy atom. The summed E-state index contributed by atoms with van der Waals surface area (Å²) in [6, 6.07) is 0. The van der Waals surface area contributed by atoms with Crippen molar-refractivity contribution in [3.8, 4) is 0 Å². The van der Waals surface area contributed by atoms with Gasteiger partial charge >= 0.3 is 0 Å². The van der Waals surface area contributed by atoms with Gasteiger partial charge in [-0.15, -0.1) is 0 Å². The molecule has 0 aliphatic carbocycles. The zero-order chi connectivity index (χ0) is 11.5. The summed E-state index contributed by atoms with van der Waals surface area (Å²) in [7, 11) is 1.46. The molecule has 1 aliphatic rings. The average Bonchev–Trinajstić information content (AvgIpc) is 2.22. The first-order chi connectivity index (χ1) is 7.06. The van der Waals surface area contributed by atoms with Gasteiger partial charge in [0.15, 0.2) is 0 Å². The zero-order valence-corrected chi connectivity index (χ0v) is 8.90. The van der Waals surface area contributed by atoms with Gasteiger partial charge in [0.1, 0.15) is 0 Å². The molecular weight excluding hydrogens is 198 g/mol. The van der Waals surface area contributed by atoms with Crippen LogP contribution in [0.15, 0.2) is 15.2 Å². The van der Waals surface area contributed by atoms with Gasteiger partial charge in [0, 0.05) is 0 Å². The number of guanidine groups is 1.